The molecule has 0 saturated carbocycles. The van der Waals surface area contributed by atoms with Crippen LogP contribution in [0.15, 0.2) is 30.5 Å². The zero-order chi connectivity index (χ0) is 16.2. The van der Waals surface area contributed by atoms with Crippen molar-refractivity contribution in [2.45, 2.75) is 38.1 Å². The number of benzene rings is 1. The summed E-state index contributed by atoms with van der Waals surface area (Å²) >= 11 is 0. The molecule has 1 N–H and O–H groups in total. The number of ether oxygens (including phenoxy) is 1. The molecule has 0 spiro atoms. The second-order valence-corrected chi connectivity index (χ2v) is 6.03. The lowest BCUT2D eigenvalue weighted by molar-refractivity contribution is -0.121. The Morgan fingerprint density at radius 2 is 2.17 bits per heavy atom. The summed E-state index contributed by atoms with van der Waals surface area (Å²) in [5, 5.41) is 7.48. The third-order valence-electron chi connectivity index (χ3n) is 4.51. The van der Waals surface area contributed by atoms with Crippen LogP contribution in [0.3, 0.4) is 0 Å². The van der Waals surface area contributed by atoms with Crippen LogP contribution in [0.5, 0.6) is 5.75 Å². The fourth-order valence-corrected chi connectivity index (χ4v) is 3.17. The summed E-state index contributed by atoms with van der Waals surface area (Å²) in [5.41, 5.74) is 3.57. The molecule has 1 aliphatic carbocycles. The zero-order valence-corrected chi connectivity index (χ0v) is 13.7. The highest BCUT2D eigenvalue weighted by Crippen LogP contribution is 2.29. The monoisotopic (exact) mass is 313 g/mol. The van der Waals surface area contributed by atoms with Crippen LogP contribution >= 0.6 is 0 Å². The Balaban J connectivity index is 1.55. The Bertz CT molecular complexity index is 676. The Morgan fingerprint density at radius 3 is 2.91 bits per heavy atom. The number of nitrogens with one attached hydrogen (secondary N) is 1. The standard InChI is InChI=1S/C18H23N3O2/c1-21-17-5-3-4-16(15(17)12-19-21)20-18(22)11-8-13-6-9-14(23-2)10-7-13/h6-7,9-10,12,16H,3-5,8,11H2,1-2H3,(H,20,22)/t16-/m0/s1. The molecule has 1 atom stereocenters. The van der Waals surface area contributed by atoms with E-state index in [1.165, 1.54) is 11.3 Å². The van der Waals surface area contributed by atoms with Gasteiger partial charge in [-0.15, -0.1) is 0 Å². The number of carbonyl (C=O) groups is 1. The molecule has 0 bridgehead atoms. The average molecular weight is 313 g/mol. The first-order chi connectivity index (χ1) is 11.2. The second-order valence-electron chi connectivity index (χ2n) is 6.03. The van der Waals surface area contributed by atoms with Crippen molar-refractivity contribution < 1.29 is 9.53 Å². The van der Waals surface area contributed by atoms with Crippen molar-refractivity contribution in [1.29, 1.82) is 0 Å². The number of fused-ring (bicyclic) bond motifs is 1. The van der Waals surface area contributed by atoms with Crippen LogP contribution in [-0.2, 0) is 24.7 Å². The predicted molar refractivity (Wildman–Crippen MR) is 88.3 cm³/mol. The summed E-state index contributed by atoms with van der Waals surface area (Å²) in [6.45, 7) is 0. The van der Waals surface area contributed by atoms with Crippen molar-refractivity contribution in [3.8, 4) is 5.75 Å². The molecule has 0 radical (unpaired) electrons. The summed E-state index contributed by atoms with van der Waals surface area (Å²) in [5.74, 6) is 0.937. The molecule has 0 aliphatic heterocycles. The van der Waals surface area contributed by atoms with Gasteiger partial charge in [0.1, 0.15) is 5.75 Å². The highest BCUT2D eigenvalue weighted by atomic mass is 16.5. The second kappa shape index (κ2) is 6.86. The van der Waals surface area contributed by atoms with Crippen molar-refractivity contribution in [2.24, 2.45) is 7.05 Å². The molecule has 5 heteroatoms. The van der Waals surface area contributed by atoms with Gasteiger partial charge < -0.3 is 10.1 Å². The van der Waals surface area contributed by atoms with Gasteiger partial charge >= 0.3 is 0 Å². The lowest BCUT2D eigenvalue weighted by Crippen LogP contribution is -2.31. The van der Waals surface area contributed by atoms with Crippen molar-refractivity contribution in [1.82, 2.24) is 15.1 Å². The Kier molecular flexibility index (Phi) is 4.65. The number of amides is 1. The fraction of sp³-hybridized carbons (Fsp3) is 0.444. The SMILES string of the molecule is COc1ccc(CCC(=O)N[C@H]2CCCc3c2cnn3C)cc1. The number of methoxy groups -OCH3 is 1. The van der Waals surface area contributed by atoms with Crippen molar-refractivity contribution >= 4 is 5.91 Å². The number of nitrogens with zero attached hydrogens (tertiary/aromatic N) is 2. The molecule has 0 saturated heterocycles. The van der Waals surface area contributed by atoms with Crippen LogP contribution in [-0.4, -0.2) is 22.8 Å². The molecule has 5 nitrogen and oxygen atoms in total. The molecule has 0 fully saturated rings. The Labute approximate surface area is 136 Å². The largest absolute Gasteiger partial charge is 0.497 e. The molecule has 2 aromatic rings. The van der Waals surface area contributed by atoms with E-state index in [1.54, 1.807) is 7.11 Å². The molecule has 1 aromatic carbocycles. The lowest BCUT2D eigenvalue weighted by atomic mass is 9.93. The van der Waals surface area contributed by atoms with Gasteiger partial charge in [0.15, 0.2) is 0 Å². The van der Waals surface area contributed by atoms with Gasteiger partial charge in [0.2, 0.25) is 5.91 Å². The molecule has 0 unspecified atom stereocenters. The molecular formula is C18H23N3O2. The number of hydrogen-bond acceptors (Lipinski definition) is 3. The third-order valence-corrected chi connectivity index (χ3v) is 4.51. The normalized spacial score (nSPS) is 16.7. The third kappa shape index (κ3) is 3.55. The van der Waals surface area contributed by atoms with Crippen LogP contribution in [0.25, 0.3) is 0 Å². The maximum Gasteiger partial charge on any atom is 0.220 e. The van der Waals surface area contributed by atoms with Gasteiger partial charge in [0.25, 0.3) is 0 Å². The Hall–Kier alpha value is -2.30. The fourth-order valence-electron chi connectivity index (χ4n) is 3.17. The molecule has 1 heterocycles. The van der Waals surface area contributed by atoms with Gasteiger partial charge in [0, 0.05) is 24.7 Å². The van der Waals surface area contributed by atoms with Crippen LogP contribution < -0.4 is 10.1 Å². The Morgan fingerprint density at radius 1 is 1.39 bits per heavy atom. The van der Waals surface area contributed by atoms with E-state index in [2.05, 4.69) is 10.4 Å². The number of rotatable bonds is 5. The molecule has 1 aromatic heterocycles. The highest BCUT2D eigenvalue weighted by molar-refractivity contribution is 5.76. The van der Waals surface area contributed by atoms with Gasteiger partial charge in [-0.3, -0.25) is 9.48 Å². The first kappa shape index (κ1) is 15.6. The van der Waals surface area contributed by atoms with Crippen molar-refractivity contribution in [3.05, 3.63) is 47.3 Å². The highest BCUT2D eigenvalue weighted by Gasteiger charge is 2.24. The van der Waals surface area contributed by atoms with E-state index in [4.69, 9.17) is 4.74 Å². The maximum atomic E-state index is 12.3. The van der Waals surface area contributed by atoms with E-state index < -0.39 is 0 Å². The summed E-state index contributed by atoms with van der Waals surface area (Å²) in [6, 6.07) is 7.97. The van der Waals surface area contributed by atoms with Gasteiger partial charge in [-0.1, -0.05) is 12.1 Å². The maximum absolute atomic E-state index is 12.3. The first-order valence-corrected chi connectivity index (χ1v) is 8.10. The number of aryl methyl sites for hydroxylation is 2. The summed E-state index contributed by atoms with van der Waals surface area (Å²) in [4.78, 5) is 12.3. The summed E-state index contributed by atoms with van der Waals surface area (Å²) in [6.07, 6.45) is 6.26. The van der Waals surface area contributed by atoms with Gasteiger partial charge in [-0.05, 0) is 43.4 Å². The van der Waals surface area contributed by atoms with Crippen LogP contribution in [0.4, 0.5) is 0 Å². The van der Waals surface area contributed by atoms with E-state index in [0.717, 1.165) is 37.0 Å². The molecule has 23 heavy (non-hydrogen) atoms. The van der Waals surface area contributed by atoms with Gasteiger partial charge in [-0.25, -0.2) is 0 Å². The van der Waals surface area contributed by atoms with Crippen molar-refractivity contribution in [2.75, 3.05) is 7.11 Å². The van der Waals surface area contributed by atoms with E-state index in [1.807, 2.05) is 42.2 Å². The van der Waals surface area contributed by atoms with Crippen LogP contribution in [0.2, 0.25) is 0 Å². The minimum Gasteiger partial charge on any atom is -0.497 e. The minimum absolute atomic E-state index is 0.0996. The van der Waals surface area contributed by atoms with E-state index in [0.29, 0.717) is 6.42 Å². The van der Waals surface area contributed by atoms with E-state index in [9.17, 15) is 4.79 Å². The molecular weight excluding hydrogens is 290 g/mol. The van der Waals surface area contributed by atoms with Crippen LogP contribution in [0, 0.1) is 0 Å². The van der Waals surface area contributed by atoms with E-state index in [-0.39, 0.29) is 11.9 Å². The minimum atomic E-state index is 0.0996. The van der Waals surface area contributed by atoms with Gasteiger partial charge in [-0.2, -0.15) is 5.10 Å². The topological polar surface area (TPSA) is 56.1 Å². The number of carbonyl (C=O) groups excluding carboxylic acids is 1. The number of aromatic nitrogens is 2. The smallest absolute Gasteiger partial charge is 0.220 e. The summed E-state index contributed by atoms with van der Waals surface area (Å²) < 4.78 is 7.06. The molecule has 122 valence electrons. The van der Waals surface area contributed by atoms with Crippen LogP contribution in [0.1, 0.15) is 42.1 Å². The molecule has 1 amide bonds. The first-order valence-electron chi connectivity index (χ1n) is 8.10. The molecule has 3 rings (SSSR count). The number of hydrogen-bond donors (Lipinski definition) is 1. The predicted octanol–water partition coefficient (Wildman–Crippen LogP) is 2.56. The average Bonchev–Trinajstić information content (AvgIpc) is 2.96. The summed E-state index contributed by atoms with van der Waals surface area (Å²) in [7, 11) is 3.62. The lowest BCUT2D eigenvalue weighted by Gasteiger charge is -2.23. The van der Waals surface area contributed by atoms with Crippen molar-refractivity contribution in [3.63, 3.8) is 0 Å². The zero-order valence-electron chi connectivity index (χ0n) is 13.7. The quantitative estimate of drug-likeness (QED) is 0.923. The van der Waals surface area contributed by atoms with Gasteiger partial charge in [0.05, 0.1) is 19.3 Å². The molecule has 1 aliphatic rings. The van der Waals surface area contributed by atoms with E-state index >= 15 is 0 Å².